The summed E-state index contributed by atoms with van der Waals surface area (Å²) in [7, 11) is 1.64. The summed E-state index contributed by atoms with van der Waals surface area (Å²) in [5.74, 6) is 6.41. The van der Waals surface area contributed by atoms with Crippen molar-refractivity contribution in [3.63, 3.8) is 0 Å². The zero-order chi connectivity index (χ0) is 24.7. The number of hydrogen-bond donors (Lipinski definition) is 1. The molecule has 0 spiro atoms. The van der Waals surface area contributed by atoms with Crippen LogP contribution in [0.25, 0.3) is 10.9 Å². The first-order valence-corrected chi connectivity index (χ1v) is 12.3. The highest BCUT2D eigenvalue weighted by Crippen LogP contribution is 2.40. The first-order chi connectivity index (χ1) is 17.0. The van der Waals surface area contributed by atoms with Crippen LogP contribution >= 0.6 is 11.6 Å². The summed E-state index contributed by atoms with van der Waals surface area (Å²) in [4.78, 5) is 22.6. The molecule has 0 unspecified atom stereocenters. The van der Waals surface area contributed by atoms with Gasteiger partial charge in [-0.1, -0.05) is 23.4 Å². The van der Waals surface area contributed by atoms with E-state index in [1.54, 1.807) is 25.7 Å². The second kappa shape index (κ2) is 11.5. The molecule has 1 saturated heterocycles. The lowest BCUT2D eigenvalue weighted by Gasteiger charge is -2.40. The monoisotopic (exact) mass is 491 g/mol. The first kappa shape index (κ1) is 25.0. The van der Waals surface area contributed by atoms with E-state index in [9.17, 15) is 9.90 Å². The Morgan fingerprint density at radius 3 is 2.80 bits per heavy atom. The van der Waals surface area contributed by atoms with Gasteiger partial charge >= 0.3 is 5.97 Å². The molecule has 4 rings (SSSR count). The number of nitrogens with zero attached hydrogens (tertiary/aromatic N) is 3. The van der Waals surface area contributed by atoms with Gasteiger partial charge in [-0.15, -0.1) is 0 Å². The Morgan fingerprint density at radius 1 is 1.26 bits per heavy atom. The normalized spacial score (nSPS) is 15.4. The van der Waals surface area contributed by atoms with Gasteiger partial charge in [0.2, 0.25) is 0 Å². The lowest BCUT2D eigenvalue weighted by atomic mass is 9.72. The Balaban J connectivity index is 1.39. The van der Waals surface area contributed by atoms with Crippen molar-refractivity contribution in [3.05, 3.63) is 65.1 Å². The van der Waals surface area contributed by atoms with Crippen LogP contribution in [0.4, 0.5) is 0 Å². The molecule has 1 aliphatic rings. The molecule has 7 heteroatoms. The van der Waals surface area contributed by atoms with Crippen LogP contribution in [0.2, 0.25) is 5.02 Å². The van der Waals surface area contributed by atoms with E-state index in [0.29, 0.717) is 11.6 Å². The van der Waals surface area contributed by atoms with E-state index in [-0.39, 0.29) is 11.8 Å². The standard InChI is InChI=1S/C28H30ClN3O3/c1-35-22-8-9-26-24(17-22)23(25(29)20-31-26)7-2-10-28(18-27(33)34)11-15-32(16-12-28)14-4-6-21-5-3-13-30-19-21/h3,5,8-9,13,17,19-20H,2,7,10-12,14-16,18H2,1H3,(H,33,34). The predicted molar refractivity (Wildman–Crippen MR) is 138 cm³/mol. The van der Waals surface area contributed by atoms with Crippen LogP contribution in [0, 0.1) is 17.3 Å². The van der Waals surface area contributed by atoms with Crippen LogP contribution in [-0.4, -0.2) is 52.7 Å². The molecule has 2 aromatic heterocycles. The van der Waals surface area contributed by atoms with E-state index < -0.39 is 5.97 Å². The van der Waals surface area contributed by atoms with Crippen molar-refractivity contribution in [2.75, 3.05) is 26.7 Å². The number of fused-ring (bicyclic) bond motifs is 1. The number of rotatable bonds is 8. The van der Waals surface area contributed by atoms with E-state index in [2.05, 4.69) is 26.7 Å². The largest absolute Gasteiger partial charge is 0.497 e. The highest BCUT2D eigenvalue weighted by molar-refractivity contribution is 6.32. The van der Waals surface area contributed by atoms with Crippen molar-refractivity contribution in [1.29, 1.82) is 0 Å². The number of halogens is 1. The van der Waals surface area contributed by atoms with Gasteiger partial charge in [0, 0.05) is 29.5 Å². The van der Waals surface area contributed by atoms with Crippen molar-refractivity contribution in [2.24, 2.45) is 5.41 Å². The van der Waals surface area contributed by atoms with Gasteiger partial charge in [-0.2, -0.15) is 0 Å². The van der Waals surface area contributed by atoms with Crippen LogP contribution in [0.3, 0.4) is 0 Å². The number of pyridine rings is 2. The lowest BCUT2D eigenvalue weighted by molar-refractivity contribution is -0.140. The van der Waals surface area contributed by atoms with Crippen molar-refractivity contribution in [3.8, 4) is 17.6 Å². The van der Waals surface area contributed by atoms with Crippen molar-refractivity contribution < 1.29 is 14.6 Å². The molecule has 6 nitrogen and oxygen atoms in total. The van der Waals surface area contributed by atoms with E-state index >= 15 is 0 Å². The number of carbonyl (C=O) groups is 1. The fourth-order valence-electron chi connectivity index (χ4n) is 4.93. The van der Waals surface area contributed by atoms with Gasteiger partial charge in [0.1, 0.15) is 5.75 Å². The third-order valence-corrected chi connectivity index (χ3v) is 7.23. The number of aliphatic carboxylic acids is 1. The summed E-state index contributed by atoms with van der Waals surface area (Å²) in [6, 6.07) is 9.63. The minimum atomic E-state index is -0.730. The predicted octanol–water partition coefficient (Wildman–Crippen LogP) is 5.22. The zero-order valence-corrected chi connectivity index (χ0v) is 20.7. The number of piperidine rings is 1. The molecule has 0 radical (unpaired) electrons. The van der Waals surface area contributed by atoms with Gasteiger partial charge in [0.05, 0.1) is 30.6 Å². The van der Waals surface area contributed by atoms with Crippen molar-refractivity contribution >= 4 is 28.5 Å². The molecule has 1 fully saturated rings. The molecule has 0 aliphatic carbocycles. The summed E-state index contributed by atoms with van der Waals surface area (Å²) in [6.45, 7) is 2.38. The van der Waals surface area contributed by atoms with Gasteiger partial charge in [0.25, 0.3) is 0 Å². The number of aromatic nitrogens is 2. The topological polar surface area (TPSA) is 75.6 Å². The molecular weight excluding hydrogens is 462 g/mol. The summed E-state index contributed by atoms with van der Waals surface area (Å²) >= 11 is 6.53. The number of ether oxygens (including phenoxy) is 1. The Morgan fingerprint density at radius 2 is 2.09 bits per heavy atom. The van der Waals surface area contributed by atoms with Gasteiger partial charge in [-0.25, -0.2) is 0 Å². The molecule has 182 valence electrons. The average Bonchev–Trinajstić information content (AvgIpc) is 2.86. The molecular formula is C28H30ClN3O3. The van der Waals surface area contributed by atoms with E-state index in [1.807, 2.05) is 30.3 Å². The van der Waals surface area contributed by atoms with Gasteiger partial charge < -0.3 is 9.84 Å². The van der Waals surface area contributed by atoms with E-state index in [4.69, 9.17) is 16.3 Å². The number of likely N-dealkylation sites (tertiary alicyclic amines) is 1. The number of carboxylic acids is 1. The molecule has 1 aliphatic heterocycles. The third-order valence-electron chi connectivity index (χ3n) is 6.91. The SMILES string of the molecule is COc1ccc2ncc(Cl)c(CCCC3(CC(=O)O)CCN(CC#Cc4cccnc4)CC3)c2c1. The van der Waals surface area contributed by atoms with Crippen molar-refractivity contribution in [2.45, 2.75) is 38.5 Å². The summed E-state index contributed by atoms with van der Waals surface area (Å²) in [5, 5.41) is 11.3. The molecule has 0 amide bonds. The minimum Gasteiger partial charge on any atom is -0.497 e. The highest BCUT2D eigenvalue weighted by atomic mass is 35.5. The maximum Gasteiger partial charge on any atom is 0.303 e. The number of carboxylic acid groups (broad SMARTS) is 1. The first-order valence-electron chi connectivity index (χ1n) is 11.9. The summed E-state index contributed by atoms with van der Waals surface area (Å²) < 4.78 is 5.39. The molecule has 1 aromatic carbocycles. The summed E-state index contributed by atoms with van der Waals surface area (Å²) in [5.41, 5.74) is 2.63. The molecule has 3 aromatic rings. The smallest absolute Gasteiger partial charge is 0.303 e. The average molecular weight is 492 g/mol. The Labute approximate surface area is 211 Å². The number of hydrogen-bond acceptors (Lipinski definition) is 5. The Hall–Kier alpha value is -3.14. The fourth-order valence-corrected chi connectivity index (χ4v) is 5.18. The van der Waals surface area contributed by atoms with Gasteiger partial charge in [-0.05, 0) is 86.5 Å². The maximum atomic E-state index is 11.7. The molecule has 0 bridgehead atoms. The molecule has 0 saturated carbocycles. The van der Waals surface area contributed by atoms with Crippen LogP contribution in [0.1, 0.15) is 43.2 Å². The number of aryl methyl sites for hydroxylation is 1. The minimum absolute atomic E-state index is 0.195. The summed E-state index contributed by atoms with van der Waals surface area (Å²) in [6.07, 6.45) is 9.58. The molecule has 35 heavy (non-hydrogen) atoms. The number of methoxy groups -OCH3 is 1. The van der Waals surface area contributed by atoms with E-state index in [0.717, 1.165) is 73.0 Å². The third kappa shape index (κ3) is 6.50. The number of benzene rings is 1. The quantitative estimate of drug-likeness (QED) is 0.435. The molecule has 1 N–H and O–H groups in total. The lowest BCUT2D eigenvalue weighted by Crippen LogP contribution is -2.41. The second-order valence-corrected chi connectivity index (χ2v) is 9.62. The fraction of sp³-hybridized carbons (Fsp3) is 0.393. The van der Waals surface area contributed by atoms with Crippen molar-refractivity contribution in [1.82, 2.24) is 14.9 Å². The molecule has 3 heterocycles. The molecule has 0 atom stereocenters. The Kier molecular flexibility index (Phi) is 8.22. The van der Waals surface area contributed by atoms with Crippen LogP contribution in [-0.2, 0) is 11.2 Å². The highest BCUT2D eigenvalue weighted by Gasteiger charge is 2.36. The maximum absolute atomic E-state index is 11.7. The van der Waals surface area contributed by atoms with Gasteiger partial charge in [-0.3, -0.25) is 19.7 Å². The van der Waals surface area contributed by atoms with Crippen LogP contribution in [0.5, 0.6) is 5.75 Å². The van der Waals surface area contributed by atoms with Gasteiger partial charge in [0.15, 0.2) is 0 Å². The Bertz CT molecular complexity index is 1230. The van der Waals surface area contributed by atoms with E-state index in [1.165, 1.54) is 0 Å². The zero-order valence-electron chi connectivity index (χ0n) is 20.0. The second-order valence-electron chi connectivity index (χ2n) is 9.21. The van der Waals surface area contributed by atoms with Crippen LogP contribution in [0.15, 0.2) is 48.9 Å². The van der Waals surface area contributed by atoms with Crippen LogP contribution < -0.4 is 4.74 Å².